The van der Waals surface area contributed by atoms with Gasteiger partial charge in [0, 0.05) is 17.4 Å². The summed E-state index contributed by atoms with van der Waals surface area (Å²) in [6.07, 6.45) is 4.19. The van der Waals surface area contributed by atoms with Gasteiger partial charge in [-0.1, -0.05) is 30.7 Å². The average molecular weight is 286 g/mol. The number of carbonyl (C=O) groups is 1. The summed E-state index contributed by atoms with van der Waals surface area (Å²) in [5.41, 5.74) is 1.74. The molecular formula is C18H22O3. The zero-order chi connectivity index (χ0) is 14.6. The molecule has 112 valence electrons. The summed E-state index contributed by atoms with van der Waals surface area (Å²) in [4.78, 5) is 12.5. The number of aliphatic hydroxyl groups is 2. The Hall–Kier alpha value is -1.19. The molecule has 2 fully saturated rings. The van der Waals surface area contributed by atoms with Crippen molar-refractivity contribution in [3.8, 4) is 0 Å². The first-order valence-corrected chi connectivity index (χ1v) is 8.12. The predicted octanol–water partition coefficient (Wildman–Crippen LogP) is 2.86. The smallest absolute Gasteiger partial charge is 0.163 e. The summed E-state index contributed by atoms with van der Waals surface area (Å²) in [6, 6.07) is 8.01. The number of hydrogen-bond donors (Lipinski definition) is 2. The molecule has 3 aliphatic rings. The van der Waals surface area contributed by atoms with Gasteiger partial charge in [-0.25, -0.2) is 0 Å². The van der Waals surface area contributed by atoms with Gasteiger partial charge in [0.25, 0.3) is 0 Å². The number of carbonyl (C=O) groups excluding carboxylic acids is 1. The van der Waals surface area contributed by atoms with Crippen LogP contribution in [0.4, 0.5) is 0 Å². The summed E-state index contributed by atoms with van der Waals surface area (Å²) in [7, 11) is 0. The number of aliphatic hydroxyl groups excluding tert-OH is 1. The number of rotatable bonds is 1. The summed E-state index contributed by atoms with van der Waals surface area (Å²) >= 11 is 0. The maximum absolute atomic E-state index is 12.5. The molecule has 1 aromatic rings. The zero-order valence-electron chi connectivity index (χ0n) is 12.2. The molecule has 0 bridgehead atoms. The van der Waals surface area contributed by atoms with Crippen molar-refractivity contribution in [2.75, 3.05) is 0 Å². The third kappa shape index (κ3) is 1.77. The Morgan fingerprint density at radius 1 is 1.14 bits per heavy atom. The van der Waals surface area contributed by atoms with Gasteiger partial charge in [-0.3, -0.25) is 4.79 Å². The molecule has 3 heteroatoms. The molecule has 0 radical (unpaired) electrons. The van der Waals surface area contributed by atoms with Crippen LogP contribution in [0.3, 0.4) is 0 Å². The van der Waals surface area contributed by atoms with Crippen LogP contribution >= 0.6 is 0 Å². The SMILES string of the molecule is O=C1C[C@@H]2[C@H](CC[C@]3(C(O)O)CCC[C@@H]23)c2ccccc21. The first-order valence-electron chi connectivity index (χ1n) is 8.12. The molecule has 2 saturated carbocycles. The lowest BCUT2D eigenvalue weighted by Gasteiger charge is -2.50. The van der Waals surface area contributed by atoms with Gasteiger partial charge in [-0.15, -0.1) is 0 Å². The molecule has 0 unspecified atom stereocenters. The number of fused-ring (bicyclic) bond motifs is 5. The van der Waals surface area contributed by atoms with Crippen LogP contribution < -0.4 is 0 Å². The van der Waals surface area contributed by atoms with Crippen molar-refractivity contribution in [2.45, 2.75) is 50.7 Å². The van der Waals surface area contributed by atoms with Crippen LogP contribution in [-0.4, -0.2) is 22.3 Å². The van der Waals surface area contributed by atoms with Crippen molar-refractivity contribution < 1.29 is 15.0 Å². The lowest BCUT2D eigenvalue weighted by atomic mass is 9.55. The molecular weight excluding hydrogens is 264 g/mol. The molecule has 0 saturated heterocycles. The van der Waals surface area contributed by atoms with E-state index in [-0.39, 0.29) is 17.1 Å². The van der Waals surface area contributed by atoms with Crippen LogP contribution in [-0.2, 0) is 0 Å². The molecule has 0 heterocycles. The summed E-state index contributed by atoms with van der Waals surface area (Å²) in [5.74, 6) is 1.25. The van der Waals surface area contributed by atoms with Crippen LogP contribution in [0.25, 0.3) is 0 Å². The number of ketones is 1. The number of hydrogen-bond acceptors (Lipinski definition) is 3. The van der Waals surface area contributed by atoms with Crippen molar-refractivity contribution in [1.82, 2.24) is 0 Å². The van der Waals surface area contributed by atoms with Crippen molar-refractivity contribution in [1.29, 1.82) is 0 Å². The van der Waals surface area contributed by atoms with Crippen LogP contribution in [0.1, 0.15) is 60.4 Å². The van der Waals surface area contributed by atoms with E-state index in [1.807, 2.05) is 18.2 Å². The fourth-order valence-electron chi connectivity index (χ4n) is 5.51. The maximum Gasteiger partial charge on any atom is 0.163 e. The van der Waals surface area contributed by atoms with Gasteiger partial charge < -0.3 is 10.2 Å². The molecule has 4 rings (SSSR count). The summed E-state index contributed by atoms with van der Waals surface area (Å²) in [6.45, 7) is 0. The monoisotopic (exact) mass is 286 g/mol. The second-order valence-electron chi connectivity index (χ2n) is 7.13. The van der Waals surface area contributed by atoms with Gasteiger partial charge in [0.05, 0.1) is 0 Å². The third-order valence-electron chi connectivity index (χ3n) is 6.45. The lowest BCUT2D eigenvalue weighted by Crippen LogP contribution is -2.48. The van der Waals surface area contributed by atoms with Gasteiger partial charge in [0.2, 0.25) is 0 Å². The third-order valence-corrected chi connectivity index (χ3v) is 6.45. The molecule has 21 heavy (non-hydrogen) atoms. The van der Waals surface area contributed by atoms with E-state index in [1.165, 1.54) is 5.56 Å². The van der Waals surface area contributed by atoms with Gasteiger partial charge >= 0.3 is 0 Å². The van der Waals surface area contributed by atoms with E-state index in [0.29, 0.717) is 18.3 Å². The highest BCUT2D eigenvalue weighted by atomic mass is 16.5. The normalized spacial score (nSPS) is 38.0. The topological polar surface area (TPSA) is 57.5 Å². The van der Waals surface area contributed by atoms with Crippen LogP contribution in [0.15, 0.2) is 24.3 Å². The van der Waals surface area contributed by atoms with Crippen molar-refractivity contribution in [2.24, 2.45) is 17.3 Å². The highest BCUT2D eigenvalue weighted by Gasteiger charge is 2.56. The van der Waals surface area contributed by atoms with E-state index in [9.17, 15) is 15.0 Å². The Kier molecular flexibility index (Phi) is 2.98. The first-order chi connectivity index (χ1) is 10.1. The standard InChI is InChI=1S/C18H22O3/c19-16-10-14-12(11-4-1-2-5-13(11)16)7-9-18(17(20)21)8-3-6-15(14)18/h1-2,4-5,12,14-15,17,20-21H,3,6-10H2/t12-,14-,15+,18-/m1/s1. The molecule has 0 spiro atoms. The minimum atomic E-state index is -1.24. The molecule has 0 aliphatic heterocycles. The molecule has 3 aliphatic carbocycles. The second-order valence-corrected chi connectivity index (χ2v) is 7.13. The van der Waals surface area contributed by atoms with E-state index in [1.54, 1.807) is 0 Å². The van der Waals surface area contributed by atoms with Crippen molar-refractivity contribution >= 4 is 5.78 Å². The Bertz CT molecular complexity index is 580. The van der Waals surface area contributed by atoms with E-state index in [4.69, 9.17) is 0 Å². The minimum absolute atomic E-state index is 0.238. The predicted molar refractivity (Wildman–Crippen MR) is 78.9 cm³/mol. The highest BCUT2D eigenvalue weighted by molar-refractivity contribution is 5.99. The molecule has 0 amide bonds. The van der Waals surface area contributed by atoms with Crippen LogP contribution in [0, 0.1) is 17.3 Å². The zero-order valence-corrected chi connectivity index (χ0v) is 12.2. The first kappa shape index (κ1) is 13.5. The van der Waals surface area contributed by atoms with Crippen molar-refractivity contribution in [3.63, 3.8) is 0 Å². The van der Waals surface area contributed by atoms with Crippen molar-refractivity contribution in [3.05, 3.63) is 35.4 Å². The molecule has 3 nitrogen and oxygen atoms in total. The van der Waals surface area contributed by atoms with Gasteiger partial charge in [0.1, 0.15) is 0 Å². The largest absolute Gasteiger partial charge is 0.368 e. The average Bonchev–Trinajstić information content (AvgIpc) is 2.93. The Morgan fingerprint density at radius 3 is 2.76 bits per heavy atom. The van der Waals surface area contributed by atoms with E-state index in [0.717, 1.165) is 37.7 Å². The maximum atomic E-state index is 12.5. The fourth-order valence-corrected chi connectivity index (χ4v) is 5.51. The minimum Gasteiger partial charge on any atom is -0.368 e. The number of benzene rings is 1. The van der Waals surface area contributed by atoms with Crippen LogP contribution in [0.5, 0.6) is 0 Å². The quantitative estimate of drug-likeness (QED) is 0.780. The fraction of sp³-hybridized carbons (Fsp3) is 0.611. The van der Waals surface area contributed by atoms with Gasteiger partial charge in [-0.05, 0) is 49.0 Å². The molecule has 1 aromatic carbocycles. The second kappa shape index (κ2) is 4.65. The Balaban J connectivity index is 1.76. The van der Waals surface area contributed by atoms with Gasteiger partial charge in [-0.2, -0.15) is 0 Å². The Labute approximate surface area is 125 Å². The summed E-state index contributed by atoms with van der Waals surface area (Å²) in [5, 5.41) is 19.9. The lowest BCUT2D eigenvalue weighted by molar-refractivity contribution is -0.174. The summed E-state index contributed by atoms with van der Waals surface area (Å²) < 4.78 is 0. The van der Waals surface area contributed by atoms with Gasteiger partial charge in [0.15, 0.2) is 12.1 Å². The van der Waals surface area contributed by atoms with Crippen LogP contribution in [0.2, 0.25) is 0 Å². The van der Waals surface area contributed by atoms with E-state index >= 15 is 0 Å². The Morgan fingerprint density at radius 2 is 1.95 bits per heavy atom. The number of Topliss-reactive ketones (excluding diaryl/α,β-unsaturated/α-hetero) is 1. The highest BCUT2D eigenvalue weighted by Crippen LogP contribution is 2.61. The van der Waals surface area contributed by atoms with E-state index in [2.05, 4.69) is 6.07 Å². The van der Waals surface area contributed by atoms with E-state index < -0.39 is 6.29 Å². The molecule has 0 aromatic heterocycles. The molecule has 2 N–H and O–H groups in total. The molecule has 4 atom stereocenters.